The SMILES string of the molecule is COc1ccc(CO[C@H](C[C@@H]2CC(=CC(=O)O)[C@H](OC(C)=O)[C@](OC)(C(C)(C)C=CCO)O2)[C@@H](C)OCOCc2ccccc2)cc1. The lowest BCUT2D eigenvalue weighted by atomic mass is 9.74. The Labute approximate surface area is 277 Å². The zero-order chi connectivity index (χ0) is 34.5. The van der Waals surface area contributed by atoms with Crippen LogP contribution in [0.5, 0.6) is 5.75 Å². The summed E-state index contributed by atoms with van der Waals surface area (Å²) in [5, 5.41) is 19.3. The molecule has 0 aromatic heterocycles. The lowest BCUT2D eigenvalue weighted by Gasteiger charge is -2.53. The number of carboxylic acid groups (broad SMARTS) is 1. The fraction of sp³-hybridized carbons (Fsp3) is 0.500. The van der Waals surface area contributed by atoms with Crippen LogP contribution in [0.4, 0.5) is 0 Å². The third-order valence-corrected chi connectivity index (χ3v) is 8.09. The Bertz CT molecular complexity index is 1320. The largest absolute Gasteiger partial charge is 0.497 e. The molecule has 0 unspecified atom stereocenters. The van der Waals surface area contributed by atoms with Crippen molar-refractivity contribution in [3.05, 3.63) is 89.5 Å². The third-order valence-electron chi connectivity index (χ3n) is 8.09. The van der Waals surface area contributed by atoms with E-state index in [0.29, 0.717) is 12.2 Å². The van der Waals surface area contributed by atoms with Gasteiger partial charge in [-0.3, -0.25) is 4.79 Å². The summed E-state index contributed by atoms with van der Waals surface area (Å²) >= 11 is 0. The maximum Gasteiger partial charge on any atom is 0.328 e. The zero-order valence-electron chi connectivity index (χ0n) is 28.0. The van der Waals surface area contributed by atoms with Gasteiger partial charge in [0.05, 0.1) is 45.2 Å². The van der Waals surface area contributed by atoms with Crippen LogP contribution in [0.15, 0.2) is 78.4 Å². The minimum absolute atomic E-state index is 0.0175. The van der Waals surface area contributed by atoms with Crippen molar-refractivity contribution in [3.8, 4) is 5.75 Å². The average molecular weight is 657 g/mol. The molecular weight excluding hydrogens is 608 g/mol. The molecule has 5 atom stereocenters. The van der Waals surface area contributed by atoms with Crippen LogP contribution in [-0.4, -0.2) is 80.0 Å². The molecular formula is C36H48O11. The van der Waals surface area contributed by atoms with Crippen molar-refractivity contribution in [2.24, 2.45) is 5.41 Å². The summed E-state index contributed by atoms with van der Waals surface area (Å²) in [5.41, 5.74) is 1.23. The maximum atomic E-state index is 12.3. The van der Waals surface area contributed by atoms with E-state index < -0.39 is 47.6 Å². The quantitative estimate of drug-likeness (QED) is 0.0720. The van der Waals surface area contributed by atoms with E-state index in [-0.39, 0.29) is 32.8 Å². The molecule has 0 aliphatic carbocycles. The number of carboxylic acids is 1. The second-order valence-corrected chi connectivity index (χ2v) is 11.9. The summed E-state index contributed by atoms with van der Waals surface area (Å²) in [7, 11) is 3.02. The van der Waals surface area contributed by atoms with Gasteiger partial charge in [0.2, 0.25) is 5.79 Å². The number of methoxy groups -OCH3 is 2. The first-order chi connectivity index (χ1) is 22.4. The van der Waals surface area contributed by atoms with Gasteiger partial charge in [0.15, 0.2) is 6.10 Å². The second kappa shape index (κ2) is 18.1. The van der Waals surface area contributed by atoms with Crippen LogP contribution < -0.4 is 4.74 Å². The van der Waals surface area contributed by atoms with E-state index in [1.54, 1.807) is 27.0 Å². The summed E-state index contributed by atoms with van der Waals surface area (Å²) in [5.74, 6) is -2.76. The lowest BCUT2D eigenvalue weighted by molar-refractivity contribution is -0.339. The Morgan fingerprint density at radius 1 is 1.04 bits per heavy atom. The van der Waals surface area contributed by atoms with E-state index in [4.69, 9.17) is 33.2 Å². The molecule has 1 fully saturated rings. The minimum atomic E-state index is -1.65. The van der Waals surface area contributed by atoms with E-state index in [1.807, 2.05) is 61.5 Å². The molecule has 1 aliphatic heterocycles. The lowest BCUT2D eigenvalue weighted by Crippen LogP contribution is -2.63. The van der Waals surface area contributed by atoms with Crippen LogP contribution >= 0.6 is 0 Å². The van der Waals surface area contributed by atoms with Crippen LogP contribution in [0.3, 0.4) is 0 Å². The molecule has 2 aromatic carbocycles. The molecule has 0 saturated carbocycles. The Kier molecular flexibility index (Phi) is 14.6. The maximum absolute atomic E-state index is 12.3. The van der Waals surface area contributed by atoms with Crippen LogP contribution in [0, 0.1) is 5.41 Å². The van der Waals surface area contributed by atoms with Gasteiger partial charge in [0.1, 0.15) is 12.5 Å². The van der Waals surface area contributed by atoms with Crippen LogP contribution in [-0.2, 0) is 51.2 Å². The van der Waals surface area contributed by atoms with Gasteiger partial charge in [-0.15, -0.1) is 0 Å². The van der Waals surface area contributed by atoms with E-state index >= 15 is 0 Å². The number of benzene rings is 2. The van der Waals surface area contributed by atoms with Crippen molar-refractivity contribution in [2.75, 3.05) is 27.6 Å². The van der Waals surface area contributed by atoms with Crippen molar-refractivity contribution < 1.29 is 53.0 Å². The normalized spacial score (nSPS) is 22.2. The molecule has 47 heavy (non-hydrogen) atoms. The Balaban J connectivity index is 1.91. The number of ether oxygens (including phenoxy) is 7. The van der Waals surface area contributed by atoms with Gasteiger partial charge in [-0.2, -0.15) is 0 Å². The number of aliphatic hydroxyl groups excluding tert-OH is 1. The highest BCUT2D eigenvalue weighted by Crippen LogP contribution is 2.48. The van der Waals surface area contributed by atoms with E-state index in [2.05, 4.69) is 0 Å². The summed E-state index contributed by atoms with van der Waals surface area (Å²) < 4.78 is 42.0. The topological polar surface area (TPSA) is 139 Å². The van der Waals surface area contributed by atoms with Crippen molar-refractivity contribution in [2.45, 2.75) is 84.0 Å². The van der Waals surface area contributed by atoms with E-state index in [1.165, 1.54) is 20.1 Å². The molecule has 1 saturated heterocycles. The number of carbonyl (C=O) groups is 2. The first-order valence-electron chi connectivity index (χ1n) is 15.5. The van der Waals surface area contributed by atoms with Crippen LogP contribution in [0.2, 0.25) is 0 Å². The number of esters is 1. The molecule has 0 radical (unpaired) electrons. The predicted octanol–water partition coefficient (Wildman–Crippen LogP) is 5.20. The molecule has 11 nitrogen and oxygen atoms in total. The molecule has 11 heteroatoms. The smallest absolute Gasteiger partial charge is 0.328 e. The van der Waals surface area contributed by atoms with Crippen LogP contribution in [0.25, 0.3) is 0 Å². The van der Waals surface area contributed by atoms with Crippen molar-refractivity contribution in [1.29, 1.82) is 0 Å². The highest BCUT2D eigenvalue weighted by Gasteiger charge is 2.59. The zero-order valence-corrected chi connectivity index (χ0v) is 28.0. The second-order valence-electron chi connectivity index (χ2n) is 11.9. The Hall–Kier alpha value is -3.58. The van der Waals surface area contributed by atoms with Crippen molar-refractivity contribution >= 4 is 11.9 Å². The van der Waals surface area contributed by atoms with E-state index in [9.17, 15) is 19.8 Å². The molecule has 1 aliphatic rings. The first kappa shape index (κ1) is 37.9. The number of aliphatic hydroxyl groups is 1. The highest BCUT2D eigenvalue weighted by molar-refractivity contribution is 5.81. The van der Waals surface area contributed by atoms with Gasteiger partial charge in [-0.05, 0) is 42.2 Å². The molecule has 1 heterocycles. The number of rotatable bonds is 18. The highest BCUT2D eigenvalue weighted by atomic mass is 16.7. The summed E-state index contributed by atoms with van der Waals surface area (Å²) in [6, 6.07) is 17.3. The van der Waals surface area contributed by atoms with E-state index in [0.717, 1.165) is 23.0 Å². The Morgan fingerprint density at radius 3 is 2.32 bits per heavy atom. The summed E-state index contributed by atoms with van der Waals surface area (Å²) in [6.07, 6.45) is 1.81. The van der Waals surface area contributed by atoms with Gasteiger partial charge < -0.3 is 43.4 Å². The molecule has 2 aromatic rings. The van der Waals surface area contributed by atoms with Gasteiger partial charge in [0.25, 0.3) is 0 Å². The molecule has 0 bridgehead atoms. The van der Waals surface area contributed by atoms with Gasteiger partial charge >= 0.3 is 11.9 Å². The Morgan fingerprint density at radius 2 is 1.72 bits per heavy atom. The van der Waals surface area contributed by atoms with Gasteiger partial charge in [0, 0.05) is 31.9 Å². The number of hydrogen-bond donors (Lipinski definition) is 2. The average Bonchev–Trinajstić information content (AvgIpc) is 3.05. The molecule has 0 spiro atoms. The van der Waals surface area contributed by atoms with Crippen molar-refractivity contribution in [1.82, 2.24) is 0 Å². The summed E-state index contributed by atoms with van der Waals surface area (Å²) in [4.78, 5) is 24.3. The summed E-state index contributed by atoms with van der Waals surface area (Å²) in [6.45, 7) is 7.12. The van der Waals surface area contributed by atoms with Gasteiger partial charge in [-0.25, -0.2) is 4.79 Å². The number of hydrogen-bond acceptors (Lipinski definition) is 10. The number of aliphatic carboxylic acids is 1. The van der Waals surface area contributed by atoms with Gasteiger partial charge in [-0.1, -0.05) is 68.5 Å². The standard InChI is InChI=1S/C36H48O11/c1-25(45-24-43-22-27-11-8-7-9-12-27)32(44-23-28-13-15-30(41-5)16-14-28)21-31-19-29(20-33(39)40)34(46-26(2)38)36(42-6,47-31)35(3,4)17-10-18-37/h7-17,20,25,31-32,34,37H,18-19,21-24H2,1-6H3,(H,39,40)/t25-,31+,32-,34+,36-/m1/s1. The fourth-order valence-corrected chi connectivity index (χ4v) is 5.66. The van der Waals surface area contributed by atoms with Crippen LogP contribution in [0.1, 0.15) is 51.7 Å². The molecule has 0 amide bonds. The minimum Gasteiger partial charge on any atom is -0.497 e. The molecule has 258 valence electrons. The number of carbonyl (C=O) groups excluding carboxylic acids is 1. The molecule has 2 N–H and O–H groups in total. The first-order valence-corrected chi connectivity index (χ1v) is 15.5. The van der Waals surface area contributed by atoms with Crippen molar-refractivity contribution in [3.63, 3.8) is 0 Å². The fourth-order valence-electron chi connectivity index (χ4n) is 5.66. The monoisotopic (exact) mass is 656 g/mol. The third kappa shape index (κ3) is 10.7. The molecule has 3 rings (SSSR count). The predicted molar refractivity (Wildman–Crippen MR) is 173 cm³/mol.